The number of ether oxygens (including phenoxy) is 1. The Kier molecular flexibility index (Phi) is 6.23. The smallest absolute Gasteiger partial charge is 0.326 e. The highest BCUT2D eigenvalue weighted by Crippen LogP contribution is 2.22. The molecule has 0 aromatic carbocycles. The van der Waals surface area contributed by atoms with Gasteiger partial charge >= 0.3 is 12.0 Å². The molecule has 1 aliphatic carbocycles. The number of urea groups is 1. The largest absolute Gasteiger partial charge is 0.480 e. The van der Waals surface area contributed by atoms with E-state index >= 15 is 0 Å². The van der Waals surface area contributed by atoms with Gasteiger partial charge in [-0.2, -0.15) is 0 Å². The van der Waals surface area contributed by atoms with Crippen LogP contribution < -0.4 is 16.4 Å². The number of carbonyl (C=O) groups excluding carboxylic acids is 2. The predicted octanol–water partition coefficient (Wildman–Crippen LogP) is -0.428. The first-order chi connectivity index (χ1) is 9.42. The summed E-state index contributed by atoms with van der Waals surface area (Å²) in [6.45, 7) is 2.54. The maximum atomic E-state index is 11.6. The Morgan fingerprint density at radius 1 is 1.40 bits per heavy atom. The standard InChI is InChI=1S/C12H21N3O5/c1-2-20-8-5-7(6-8)14-12(19)15-9(11(17)18)3-4-10(13)16/h7-9H,2-6H2,1H3,(H2,13,16)(H,17,18)(H2,14,15,19)/t7?,8?,9-/m1/s1. The summed E-state index contributed by atoms with van der Waals surface area (Å²) in [5.41, 5.74) is 4.95. The number of carbonyl (C=O) groups is 3. The molecule has 1 atom stereocenters. The fourth-order valence-electron chi connectivity index (χ4n) is 1.98. The minimum atomic E-state index is -1.19. The SMILES string of the molecule is CCOC1CC(NC(=O)N[C@H](CCC(N)=O)C(=O)O)C1. The molecule has 0 unspecified atom stereocenters. The van der Waals surface area contributed by atoms with Crippen molar-refractivity contribution in [3.8, 4) is 0 Å². The van der Waals surface area contributed by atoms with E-state index in [0.29, 0.717) is 6.61 Å². The van der Waals surface area contributed by atoms with E-state index in [4.69, 9.17) is 15.6 Å². The number of carboxylic acid groups (broad SMARTS) is 1. The second-order valence-electron chi connectivity index (χ2n) is 4.76. The van der Waals surface area contributed by atoms with E-state index < -0.39 is 23.9 Å². The molecule has 1 rings (SSSR count). The first-order valence-corrected chi connectivity index (χ1v) is 6.62. The summed E-state index contributed by atoms with van der Waals surface area (Å²) in [7, 11) is 0. The van der Waals surface area contributed by atoms with Crippen molar-refractivity contribution in [1.29, 1.82) is 0 Å². The van der Waals surface area contributed by atoms with Crippen LogP contribution in [0.4, 0.5) is 4.79 Å². The summed E-state index contributed by atoms with van der Waals surface area (Å²) in [5.74, 6) is -1.79. The maximum absolute atomic E-state index is 11.6. The molecule has 114 valence electrons. The second kappa shape index (κ2) is 7.68. The van der Waals surface area contributed by atoms with Gasteiger partial charge in [-0.1, -0.05) is 0 Å². The Morgan fingerprint density at radius 3 is 2.55 bits per heavy atom. The number of carboxylic acids is 1. The van der Waals surface area contributed by atoms with E-state index in [9.17, 15) is 14.4 Å². The number of nitrogens with two attached hydrogens (primary N) is 1. The van der Waals surface area contributed by atoms with Crippen LogP contribution in [-0.2, 0) is 14.3 Å². The third-order valence-electron chi connectivity index (χ3n) is 3.12. The van der Waals surface area contributed by atoms with E-state index in [1.807, 2.05) is 6.92 Å². The summed E-state index contributed by atoms with van der Waals surface area (Å²) < 4.78 is 5.36. The molecule has 1 aliphatic rings. The van der Waals surface area contributed by atoms with Crippen LogP contribution >= 0.6 is 0 Å². The molecule has 5 N–H and O–H groups in total. The number of amides is 3. The number of primary amides is 1. The molecular weight excluding hydrogens is 266 g/mol. The van der Waals surface area contributed by atoms with Gasteiger partial charge in [0.15, 0.2) is 0 Å². The molecule has 8 nitrogen and oxygen atoms in total. The molecule has 0 saturated heterocycles. The van der Waals surface area contributed by atoms with Crippen molar-refractivity contribution in [1.82, 2.24) is 10.6 Å². The Hall–Kier alpha value is -1.83. The van der Waals surface area contributed by atoms with Crippen LogP contribution in [0.3, 0.4) is 0 Å². The lowest BCUT2D eigenvalue weighted by atomic mass is 9.89. The van der Waals surface area contributed by atoms with Crippen LogP contribution in [-0.4, -0.2) is 47.8 Å². The van der Waals surface area contributed by atoms with Crippen LogP contribution in [0.2, 0.25) is 0 Å². The zero-order chi connectivity index (χ0) is 15.1. The van der Waals surface area contributed by atoms with Crippen LogP contribution in [0.15, 0.2) is 0 Å². The van der Waals surface area contributed by atoms with Crippen molar-refractivity contribution in [3.63, 3.8) is 0 Å². The quantitative estimate of drug-likeness (QED) is 0.481. The van der Waals surface area contributed by atoms with Gasteiger partial charge in [-0.3, -0.25) is 4.79 Å². The van der Waals surface area contributed by atoms with E-state index in [1.54, 1.807) is 0 Å². The minimum absolute atomic E-state index is 0.00265. The van der Waals surface area contributed by atoms with Crippen LogP contribution in [0.5, 0.6) is 0 Å². The maximum Gasteiger partial charge on any atom is 0.326 e. The van der Waals surface area contributed by atoms with Gasteiger partial charge in [-0.25, -0.2) is 9.59 Å². The van der Waals surface area contributed by atoms with Crippen molar-refractivity contribution >= 4 is 17.9 Å². The van der Waals surface area contributed by atoms with Gasteiger partial charge in [0, 0.05) is 19.1 Å². The Balaban J connectivity index is 2.28. The molecule has 0 spiro atoms. The van der Waals surface area contributed by atoms with E-state index in [-0.39, 0.29) is 25.0 Å². The molecule has 1 fully saturated rings. The zero-order valence-corrected chi connectivity index (χ0v) is 11.4. The van der Waals surface area contributed by atoms with Gasteiger partial charge in [0.25, 0.3) is 0 Å². The van der Waals surface area contributed by atoms with Crippen LogP contribution in [0.25, 0.3) is 0 Å². The van der Waals surface area contributed by atoms with Crippen LogP contribution in [0.1, 0.15) is 32.6 Å². The van der Waals surface area contributed by atoms with Gasteiger partial charge in [0.05, 0.1) is 6.10 Å². The fourth-order valence-corrected chi connectivity index (χ4v) is 1.98. The van der Waals surface area contributed by atoms with Gasteiger partial charge in [-0.05, 0) is 26.2 Å². The molecule has 0 aliphatic heterocycles. The zero-order valence-electron chi connectivity index (χ0n) is 11.4. The summed E-state index contributed by atoms with van der Waals surface area (Å²) in [4.78, 5) is 33.2. The van der Waals surface area contributed by atoms with E-state index in [0.717, 1.165) is 12.8 Å². The Bertz CT molecular complexity index is 368. The first-order valence-electron chi connectivity index (χ1n) is 6.62. The van der Waals surface area contributed by atoms with E-state index in [2.05, 4.69) is 10.6 Å². The van der Waals surface area contributed by atoms with E-state index in [1.165, 1.54) is 0 Å². The van der Waals surface area contributed by atoms with Crippen molar-refractivity contribution in [2.75, 3.05) is 6.61 Å². The lowest BCUT2D eigenvalue weighted by Gasteiger charge is -2.35. The Morgan fingerprint density at radius 2 is 2.05 bits per heavy atom. The van der Waals surface area contributed by atoms with Crippen molar-refractivity contribution in [2.45, 2.75) is 50.8 Å². The van der Waals surface area contributed by atoms with Gasteiger partial charge in [0.2, 0.25) is 5.91 Å². The highest BCUT2D eigenvalue weighted by Gasteiger charge is 2.31. The summed E-state index contributed by atoms with van der Waals surface area (Å²) >= 11 is 0. The van der Waals surface area contributed by atoms with Crippen molar-refractivity contribution in [2.24, 2.45) is 5.73 Å². The van der Waals surface area contributed by atoms with Gasteiger partial charge in [-0.15, -0.1) is 0 Å². The minimum Gasteiger partial charge on any atom is -0.480 e. The summed E-state index contributed by atoms with van der Waals surface area (Å²) in [6, 6.07) is -1.68. The predicted molar refractivity (Wildman–Crippen MR) is 70.0 cm³/mol. The molecule has 0 aromatic heterocycles. The number of hydrogen-bond acceptors (Lipinski definition) is 4. The second-order valence-corrected chi connectivity index (χ2v) is 4.76. The highest BCUT2D eigenvalue weighted by atomic mass is 16.5. The van der Waals surface area contributed by atoms with Crippen molar-refractivity contribution in [3.05, 3.63) is 0 Å². The van der Waals surface area contributed by atoms with Crippen molar-refractivity contribution < 1.29 is 24.2 Å². The fraction of sp³-hybridized carbons (Fsp3) is 0.750. The molecule has 3 amide bonds. The molecule has 0 bridgehead atoms. The van der Waals surface area contributed by atoms with Gasteiger partial charge < -0.3 is 26.2 Å². The Labute approximate surface area is 117 Å². The molecule has 0 radical (unpaired) electrons. The number of rotatable bonds is 8. The molecule has 20 heavy (non-hydrogen) atoms. The monoisotopic (exact) mass is 287 g/mol. The average molecular weight is 287 g/mol. The number of hydrogen-bond donors (Lipinski definition) is 4. The molecule has 0 heterocycles. The summed E-state index contributed by atoms with van der Waals surface area (Å²) in [6.07, 6.45) is 1.49. The average Bonchev–Trinajstić information content (AvgIpc) is 2.31. The lowest BCUT2D eigenvalue weighted by molar-refractivity contribution is -0.139. The van der Waals surface area contributed by atoms with Gasteiger partial charge in [0.1, 0.15) is 6.04 Å². The summed E-state index contributed by atoms with van der Waals surface area (Å²) in [5, 5.41) is 13.9. The first kappa shape index (κ1) is 16.2. The van der Waals surface area contributed by atoms with Crippen LogP contribution in [0, 0.1) is 0 Å². The topological polar surface area (TPSA) is 131 Å². The number of nitrogens with one attached hydrogen (secondary N) is 2. The number of aliphatic carboxylic acids is 1. The normalized spacial score (nSPS) is 22.4. The highest BCUT2D eigenvalue weighted by molar-refractivity contribution is 5.83. The lowest BCUT2D eigenvalue weighted by Crippen LogP contribution is -2.54. The molecule has 1 saturated carbocycles. The third kappa shape index (κ3) is 5.43. The molecule has 8 heteroatoms. The molecule has 0 aromatic rings. The third-order valence-corrected chi connectivity index (χ3v) is 3.12. The molecular formula is C12H21N3O5.